The van der Waals surface area contributed by atoms with Gasteiger partial charge in [0.25, 0.3) is 5.56 Å². The third-order valence-corrected chi connectivity index (χ3v) is 4.91. The quantitative estimate of drug-likeness (QED) is 0.468. The van der Waals surface area contributed by atoms with E-state index in [2.05, 4.69) is 17.1 Å². The summed E-state index contributed by atoms with van der Waals surface area (Å²) in [5, 5.41) is 0. The van der Waals surface area contributed by atoms with Crippen LogP contribution >= 0.6 is 11.8 Å². The molecule has 0 N–H and O–H groups in total. The zero-order valence-electron chi connectivity index (χ0n) is 14.2. The van der Waals surface area contributed by atoms with Crippen LogP contribution in [0.4, 0.5) is 0 Å². The summed E-state index contributed by atoms with van der Waals surface area (Å²) in [6.45, 7) is 1.62. The van der Waals surface area contributed by atoms with Crippen LogP contribution in [0.5, 0.6) is 0 Å². The number of benzene rings is 1. The third kappa shape index (κ3) is 3.69. The second-order valence-corrected chi connectivity index (χ2v) is 6.76. The molecule has 0 atom stereocenters. The molecule has 0 bridgehead atoms. The lowest BCUT2D eigenvalue weighted by molar-refractivity contribution is 0.142. The van der Waals surface area contributed by atoms with Gasteiger partial charge in [0.1, 0.15) is 0 Å². The van der Waals surface area contributed by atoms with Crippen molar-refractivity contribution in [1.82, 2.24) is 18.7 Å². The zero-order chi connectivity index (χ0) is 17.8. The standard InChI is InChI=1S/C17H20N4O3S/c1-19-15-14(16(22)20(2)17(19)23)21(12-18-15)8-9-24-10-11-25-13-6-4-3-5-7-13/h3-7,12H,8-11H2,1-2H3. The molecule has 0 saturated heterocycles. The van der Waals surface area contributed by atoms with Crippen molar-refractivity contribution in [3.63, 3.8) is 0 Å². The summed E-state index contributed by atoms with van der Waals surface area (Å²) in [6, 6.07) is 10.2. The SMILES string of the molecule is Cn1c(=O)c2c(ncn2CCOCCSc2ccccc2)n(C)c1=O. The summed E-state index contributed by atoms with van der Waals surface area (Å²) in [7, 11) is 3.08. The first-order valence-electron chi connectivity index (χ1n) is 7.96. The molecule has 0 aliphatic carbocycles. The average molecular weight is 360 g/mol. The topological polar surface area (TPSA) is 71.0 Å². The summed E-state index contributed by atoms with van der Waals surface area (Å²) >= 11 is 1.74. The molecule has 2 aromatic heterocycles. The number of ether oxygens (including phenoxy) is 1. The van der Waals surface area contributed by atoms with Crippen molar-refractivity contribution in [2.24, 2.45) is 14.1 Å². The zero-order valence-corrected chi connectivity index (χ0v) is 15.0. The summed E-state index contributed by atoms with van der Waals surface area (Å²) in [5.41, 5.74) is 0.103. The van der Waals surface area contributed by atoms with E-state index in [0.29, 0.717) is 30.9 Å². The van der Waals surface area contributed by atoms with E-state index in [1.807, 2.05) is 18.2 Å². The van der Waals surface area contributed by atoms with E-state index in [1.54, 1.807) is 29.7 Å². The van der Waals surface area contributed by atoms with Crippen molar-refractivity contribution in [2.75, 3.05) is 19.0 Å². The minimum atomic E-state index is -0.378. The van der Waals surface area contributed by atoms with Gasteiger partial charge >= 0.3 is 5.69 Å². The lowest BCUT2D eigenvalue weighted by atomic mass is 10.4. The first-order valence-corrected chi connectivity index (χ1v) is 8.94. The van der Waals surface area contributed by atoms with Crippen molar-refractivity contribution < 1.29 is 4.74 Å². The van der Waals surface area contributed by atoms with E-state index in [4.69, 9.17) is 4.74 Å². The van der Waals surface area contributed by atoms with Crippen molar-refractivity contribution in [3.8, 4) is 0 Å². The van der Waals surface area contributed by atoms with Gasteiger partial charge in [-0.05, 0) is 12.1 Å². The molecule has 1 aromatic carbocycles. The largest absolute Gasteiger partial charge is 0.379 e. The molecular weight excluding hydrogens is 340 g/mol. The lowest BCUT2D eigenvalue weighted by Gasteiger charge is -2.07. The Morgan fingerprint density at radius 1 is 1.08 bits per heavy atom. The van der Waals surface area contributed by atoms with E-state index in [0.717, 1.165) is 10.3 Å². The summed E-state index contributed by atoms with van der Waals surface area (Å²) in [5.74, 6) is 0.866. The van der Waals surface area contributed by atoms with Crippen LogP contribution in [0.2, 0.25) is 0 Å². The molecular formula is C17H20N4O3S. The lowest BCUT2D eigenvalue weighted by Crippen LogP contribution is -2.37. The van der Waals surface area contributed by atoms with E-state index < -0.39 is 0 Å². The highest BCUT2D eigenvalue weighted by molar-refractivity contribution is 7.99. The van der Waals surface area contributed by atoms with Crippen molar-refractivity contribution in [3.05, 3.63) is 57.5 Å². The molecule has 0 spiro atoms. The molecule has 3 rings (SSSR count). The smallest absolute Gasteiger partial charge is 0.332 e. The van der Waals surface area contributed by atoms with Crippen LogP contribution < -0.4 is 11.2 Å². The second-order valence-electron chi connectivity index (χ2n) is 5.59. The van der Waals surface area contributed by atoms with Gasteiger partial charge in [-0.1, -0.05) is 18.2 Å². The molecule has 0 saturated carbocycles. The molecule has 0 aliphatic rings. The van der Waals surface area contributed by atoms with Gasteiger partial charge in [-0.2, -0.15) is 0 Å². The Balaban J connectivity index is 1.57. The minimum Gasteiger partial charge on any atom is -0.379 e. The summed E-state index contributed by atoms with van der Waals surface area (Å²) in [6.07, 6.45) is 1.58. The Kier molecular flexibility index (Phi) is 5.40. The maximum atomic E-state index is 12.3. The fourth-order valence-corrected chi connectivity index (χ4v) is 3.35. The number of aryl methyl sites for hydroxylation is 1. The first-order chi connectivity index (χ1) is 12.1. The van der Waals surface area contributed by atoms with E-state index in [9.17, 15) is 9.59 Å². The second kappa shape index (κ2) is 7.71. The molecule has 0 unspecified atom stereocenters. The van der Waals surface area contributed by atoms with E-state index >= 15 is 0 Å². The fraction of sp³-hybridized carbons (Fsp3) is 0.353. The number of hydrogen-bond acceptors (Lipinski definition) is 5. The van der Waals surface area contributed by atoms with Crippen LogP contribution in [0.25, 0.3) is 11.2 Å². The number of fused-ring (bicyclic) bond motifs is 1. The van der Waals surface area contributed by atoms with Crippen LogP contribution in [-0.4, -0.2) is 37.7 Å². The van der Waals surface area contributed by atoms with Crippen molar-refractivity contribution in [2.45, 2.75) is 11.4 Å². The average Bonchev–Trinajstić information content (AvgIpc) is 3.06. The summed E-state index contributed by atoms with van der Waals surface area (Å²) in [4.78, 5) is 29.6. The first kappa shape index (κ1) is 17.5. The number of nitrogens with zero attached hydrogens (tertiary/aromatic N) is 4. The van der Waals surface area contributed by atoms with Crippen LogP contribution in [0.3, 0.4) is 0 Å². The molecule has 0 aliphatic heterocycles. The normalized spacial score (nSPS) is 11.3. The molecule has 0 radical (unpaired) electrons. The molecule has 0 amide bonds. The molecule has 2 heterocycles. The Bertz CT molecular complexity index is 975. The number of imidazole rings is 1. The van der Waals surface area contributed by atoms with Crippen LogP contribution in [0, 0.1) is 0 Å². The third-order valence-electron chi connectivity index (χ3n) is 3.93. The summed E-state index contributed by atoms with van der Waals surface area (Å²) < 4.78 is 9.87. The highest BCUT2D eigenvalue weighted by atomic mass is 32.2. The Labute approximate surface area is 148 Å². The predicted molar refractivity (Wildman–Crippen MR) is 98.2 cm³/mol. The Morgan fingerprint density at radius 2 is 1.84 bits per heavy atom. The van der Waals surface area contributed by atoms with Gasteiger partial charge in [0.2, 0.25) is 0 Å². The molecule has 3 aromatic rings. The van der Waals surface area contributed by atoms with Gasteiger partial charge in [0.05, 0.1) is 19.5 Å². The van der Waals surface area contributed by atoms with Gasteiger partial charge in [0.15, 0.2) is 11.2 Å². The maximum Gasteiger partial charge on any atom is 0.332 e. The number of rotatable bonds is 7. The molecule has 7 nitrogen and oxygen atoms in total. The van der Waals surface area contributed by atoms with Gasteiger partial charge in [-0.25, -0.2) is 9.78 Å². The van der Waals surface area contributed by atoms with Gasteiger partial charge in [-0.3, -0.25) is 13.9 Å². The number of aromatic nitrogens is 4. The van der Waals surface area contributed by atoms with Gasteiger partial charge in [-0.15, -0.1) is 11.8 Å². The number of hydrogen-bond donors (Lipinski definition) is 0. The molecule has 25 heavy (non-hydrogen) atoms. The van der Waals surface area contributed by atoms with Crippen molar-refractivity contribution >= 4 is 22.9 Å². The maximum absolute atomic E-state index is 12.3. The molecule has 0 fully saturated rings. The molecule has 132 valence electrons. The minimum absolute atomic E-state index is 0.338. The predicted octanol–water partition coefficient (Wildman–Crippen LogP) is 1.24. The Hall–Kier alpha value is -2.32. The van der Waals surface area contributed by atoms with Crippen molar-refractivity contribution in [1.29, 1.82) is 0 Å². The molecule has 8 heteroatoms. The highest BCUT2D eigenvalue weighted by Gasteiger charge is 2.13. The monoisotopic (exact) mass is 360 g/mol. The fourth-order valence-electron chi connectivity index (χ4n) is 2.57. The van der Waals surface area contributed by atoms with E-state index in [-0.39, 0.29) is 11.2 Å². The van der Waals surface area contributed by atoms with Crippen LogP contribution in [0.15, 0.2) is 51.1 Å². The van der Waals surface area contributed by atoms with Crippen LogP contribution in [0.1, 0.15) is 0 Å². The number of thioether (sulfide) groups is 1. The highest BCUT2D eigenvalue weighted by Crippen LogP contribution is 2.16. The van der Waals surface area contributed by atoms with Gasteiger partial charge in [0, 0.05) is 31.3 Å². The Morgan fingerprint density at radius 3 is 2.60 bits per heavy atom. The van der Waals surface area contributed by atoms with Gasteiger partial charge < -0.3 is 9.30 Å². The van der Waals surface area contributed by atoms with E-state index in [1.165, 1.54) is 16.5 Å². The van der Waals surface area contributed by atoms with Crippen LogP contribution in [-0.2, 0) is 25.4 Å².